The minimum atomic E-state index is -0.467. The fourth-order valence-electron chi connectivity index (χ4n) is 1.62. The van der Waals surface area contributed by atoms with Crippen LogP contribution >= 0.6 is 11.6 Å². The summed E-state index contributed by atoms with van der Waals surface area (Å²) in [6.07, 6.45) is 4.01. The molecular weight excluding hydrogens is 224 g/mol. The smallest absolute Gasteiger partial charge is 0.108 e. The summed E-state index contributed by atoms with van der Waals surface area (Å²) in [6, 6.07) is 7.55. The number of H-pyrrole nitrogens is 1. The predicted molar refractivity (Wildman–Crippen MR) is 63.5 cm³/mol. The fourth-order valence-corrected chi connectivity index (χ4v) is 1.84. The fraction of sp³-hybridized carbons (Fsp3) is 0.250. The first-order chi connectivity index (χ1) is 7.75. The van der Waals surface area contributed by atoms with Crippen LogP contribution in [0.5, 0.6) is 0 Å². The van der Waals surface area contributed by atoms with Crippen LogP contribution in [0.2, 0.25) is 5.02 Å². The molecule has 0 aliphatic rings. The molecule has 0 saturated carbocycles. The summed E-state index contributed by atoms with van der Waals surface area (Å²) in [7, 11) is 0. The Bertz CT molecular complexity index is 442. The molecular formula is C12H13ClN2O. The van der Waals surface area contributed by atoms with Crippen LogP contribution in [0.4, 0.5) is 0 Å². The number of aliphatic hydroxyl groups excluding tert-OH is 1. The van der Waals surface area contributed by atoms with Gasteiger partial charge in [-0.05, 0) is 11.6 Å². The van der Waals surface area contributed by atoms with Crippen molar-refractivity contribution in [3.05, 3.63) is 53.1 Å². The number of benzene rings is 1. The molecule has 1 heterocycles. The SMILES string of the molecule is OC(Cc1ncc[nH]1)Cc1ccccc1Cl. The van der Waals surface area contributed by atoms with Crippen molar-refractivity contribution in [2.24, 2.45) is 0 Å². The molecule has 4 heteroatoms. The van der Waals surface area contributed by atoms with Crippen LogP contribution in [0.15, 0.2) is 36.7 Å². The van der Waals surface area contributed by atoms with Crippen LogP contribution in [0, 0.1) is 0 Å². The van der Waals surface area contributed by atoms with Gasteiger partial charge in [0, 0.05) is 30.3 Å². The lowest BCUT2D eigenvalue weighted by Crippen LogP contribution is -2.15. The van der Waals surface area contributed by atoms with Gasteiger partial charge in [-0.2, -0.15) is 0 Å². The molecule has 2 aromatic rings. The van der Waals surface area contributed by atoms with E-state index in [1.165, 1.54) is 0 Å². The largest absolute Gasteiger partial charge is 0.392 e. The second-order valence-electron chi connectivity index (χ2n) is 3.69. The first-order valence-electron chi connectivity index (χ1n) is 5.15. The molecule has 1 aromatic heterocycles. The zero-order valence-corrected chi connectivity index (χ0v) is 9.48. The summed E-state index contributed by atoms with van der Waals surface area (Å²) in [5.41, 5.74) is 0.961. The Balaban J connectivity index is 1.97. The summed E-state index contributed by atoms with van der Waals surface area (Å²) in [6.45, 7) is 0. The maximum atomic E-state index is 9.88. The van der Waals surface area contributed by atoms with Crippen molar-refractivity contribution in [2.45, 2.75) is 18.9 Å². The zero-order valence-electron chi connectivity index (χ0n) is 8.73. The van der Waals surface area contributed by atoms with Crippen molar-refractivity contribution in [1.82, 2.24) is 9.97 Å². The van der Waals surface area contributed by atoms with E-state index in [4.69, 9.17) is 11.6 Å². The van der Waals surface area contributed by atoms with Crippen molar-refractivity contribution in [2.75, 3.05) is 0 Å². The number of aromatic amines is 1. The molecule has 0 bridgehead atoms. The number of imidazole rings is 1. The standard InChI is InChI=1S/C12H13ClN2O/c13-11-4-2-1-3-9(11)7-10(16)8-12-14-5-6-15-12/h1-6,10,16H,7-8H2,(H,14,15). The van der Waals surface area contributed by atoms with Crippen molar-refractivity contribution >= 4 is 11.6 Å². The highest BCUT2D eigenvalue weighted by Crippen LogP contribution is 2.17. The van der Waals surface area contributed by atoms with E-state index in [9.17, 15) is 5.11 Å². The molecule has 3 nitrogen and oxygen atoms in total. The number of nitrogens with zero attached hydrogens (tertiary/aromatic N) is 1. The topological polar surface area (TPSA) is 48.9 Å². The average Bonchev–Trinajstić information content (AvgIpc) is 2.74. The molecule has 0 radical (unpaired) electrons. The van der Waals surface area contributed by atoms with Gasteiger partial charge in [0.05, 0.1) is 6.10 Å². The van der Waals surface area contributed by atoms with E-state index in [1.54, 1.807) is 12.4 Å². The summed E-state index contributed by atoms with van der Waals surface area (Å²) >= 11 is 6.02. The second-order valence-corrected chi connectivity index (χ2v) is 4.10. The Kier molecular flexibility index (Phi) is 3.59. The molecule has 0 aliphatic heterocycles. The quantitative estimate of drug-likeness (QED) is 0.855. The summed E-state index contributed by atoms with van der Waals surface area (Å²) in [4.78, 5) is 7.04. The van der Waals surface area contributed by atoms with Gasteiger partial charge in [0.2, 0.25) is 0 Å². The minimum absolute atomic E-state index is 0.467. The van der Waals surface area contributed by atoms with Crippen molar-refractivity contribution in [1.29, 1.82) is 0 Å². The number of hydrogen-bond donors (Lipinski definition) is 2. The van der Waals surface area contributed by atoms with Crippen molar-refractivity contribution in [3.63, 3.8) is 0 Å². The Hall–Kier alpha value is -1.32. The maximum Gasteiger partial charge on any atom is 0.108 e. The van der Waals surface area contributed by atoms with Crippen LogP contribution in [0.25, 0.3) is 0 Å². The molecule has 2 N–H and O–H groups in total. The third kappa shape index (κ3) is 2.84. The van der Waals surface area contributed by atoms with Crippen molar-refractivity contribution in [3.8, 4) is 0 Å². The van der Waals surface area contributed by atoms with E-state index in [0.717, 1.165) is 11.4 Å². The lowest BCUT2D eigenvalue weighted by Gasteiger charge is -2.10. The van der Waals surface area contributed by atoms with Gasteiger partial charge < -0.3 is 10.1 Å². The molecule has 1 atom stereocenters. The van der Waals surface area contributed by atoms with Gasteiger partial charge in [0.15, 0.2) is 0 Å². The van der Waals surface area contributed by atoms with E-state index in [0.29, 0.717) is 17.9 Å². The van der Waals surface area contributed by atoms with Gasteiger partial charge in [0.1, 0.15) is 5.82 Å². The number of nitrogens with one attached hydrogen (secondary N) is 1. The predicted octanol–water partition coefficient (Wildman–Crippen LogP) is 2.21. The third-order valence-electron chi connectivity index (χ3n) is 2.40. The van der Waals surface area contributed by atoms with Gasteiger partial charge in [0.25, 0.3) is 0 Å². The maximum absolute atomic E-state index is 9.88. The van der Waals surface area contributed by atoms with Crippen molar-refractivity contribution < 1.29 is 5.11 Å². The molecule has 84 valence electrons. The number of hydrogen-bond acceptors (Lipinski definition) is 2. The Labute approximate surface area is 99.1 Å². The number of halogens is 1. The first kappa shape index (κ1) is 11.2. The van der Waals surface area contributed by atoms with Gasteiger partial charge in [-0.15, -0.1) is 0 Å². The highest BCUT2D eigenvalue weighted by atomic mass is 35.5. The minimum Gasteiger partial charge on any atom is -0.392 e. The first-order valence-corrected chi connectivity index (χ1v) is 5.53. The third-order valence-corrected chi connectivity index (χ3v) is 2.77. The van der Waals surface area contributed by atoms with Crippen LogP contribution in [0.1, 0.15) is 11.4 Å². The average molecular weight is 237 g/mol. The van der Waals surface area contributed by atoms with Gasteiger partial charge in [-0.25, -0.2) is 4.98 Å². The zero-order chi connectivity index (χ0) is 11.4. The van der Waals surface area contributed by atoms with Crippen LogP contribution < -0.4 is 0 Å². The normalized spacial score (nSPS) is 12.6. The molecule has 0 saturated heterocycles. The molecule has 1 aromatic carbocycles. The van der Waals surface area contributed by atoms with E-state index in [-0.39, 0.29) is 0 Å². The van der Waals surface area contributed by atoms with E-state index in [2.05, 4.69) is 9.97 Å². The van der Waals surface area contributed by atoms with E-state index >= 15 is 0 Å². The number of rotatable bonds is 4. The lowest BCUT2D eigenvalue weighted by molar-refractivity contribution is 0.173. The molecule has 0 spiro atoms. The van der Waals surface area contributed by atoms with E-state index in [1.807, 2.05) is 24.3 Å². The lowest BCUT2D eigenvalue weighted by atomic mass is 10.1. The van der Waals surface area contributed by atoms with Gasteiger partial charge in [-0.1, -0.05) is 29.8 Å². The molecule has 0 fully saturated rings. The monoisotopic (exact) mass is 236 g/mol. The van der Waals surface area contributed by atoms with Crippen LogP contribution in [-0.4, -0.2) is 21.2 Å². The molecule has 2 rings (SSSR count). The van der Waals surface area contributed by atoms with E-state index < -0.39 is 6.10 Å². The highest BCUT2D eigenvalue weighted by molar-refractivity contribution is 6.31. The van der Waals surface area contributed by atoms with Gasteiger partial charge in [-0.3, -0.25) is 0 Å². The Morgan fingerprint density at radius 2 is 2.12 bits per heavy atom. The number of aromatic nitrogens is 2. The highest BCUT2D eigenvalue weighted by Gasteiger charge is 2.10. The molecule has 1 unspecified atom stereocenters. The molecule has 0 aliphatic carbocycles. The second kappa shape index (κ2) is 5.14. The summed E-state index contributed by atoms with van der Waals surface area (Å²) < 4.78 is 0. The molecule has 16 heavy (non-hydrogen) atoms. The Morgan fingerprint density at radius 3 is 2.81 bits per heavy atom. The summed E-state index contributed by atoms with van der Waals surface area (Å²) in [5, 5.41) is 10.6. The molecule has 0 amide bonds. The van der Waals surface area contributed by atoms with Crippen LogP contribution in [-0.2, 0) is 12.8 Å². The Morgan fingerprint density at radius 1 is 1.31 bits per heavy atom. The summed E-state index contributed by atoms with van der Waals surface area (Å²) in [5.74, 6) is 0.791. The van der Waals surface area contributed by atoms with Gasteiger partial charge >= 0.3 is 0 Å². The number of aliphatic hydroxyl groups is 1. The van der Waals surface area contributed by atoms with Crippen LogP contribution in [0.3, 0.4) is 0 Å².